The van der Waals surface area contributed by atoms with Crippen molar-refractivity contribution in [1.82, 2.24) is 19.5 Å². The first-order valence-electron chi connectivity index (χ1n) is 7.41. The molecule has 130 valence electrons. The lowest BCUT2D eigenvalue weighted by Gasteiger charge is -2.08. The fourth-order valence-electron chi connectivity index (χ4n) is 2.59. The molecule has 0 N–H and O–H groups in total. The van der Waals surface area contributed by atoms with Gasteiger partial charge in [-0.3, -0.25) is 4.57 Å². The van der Waals surface area contributed by atoms with Crippen LogP contribution in [-0.4, -0.2) is 19.5 Å². The van der Waals surface area contributed by atoms with Gasteiger partial charge in [-0.15, -0.1) is 0 Å². The van der Waals surface area contributed by atoms with E-state index in [9.17, 15) is 4.79 Å². The van der Waals surface area contributed by atoms with Gasteiger partial charge in [-0.1, -0.05) is 11.6 Å². The van der Waals surface area contributed by atoms with Crippen LogP contribution in [0.2, 0.25) is 5.02 Å². The molecule has 0 radical (unpaired) electrons. The van der Waals surface area contributed by atoms with Gasteiger partial charge >= 0.3 is 5.63 Å². The van der Waals surface area contributed by atoms with E-state index in [1.54, 1.807) is 35.2 Å². The summed E-state index contributed by atoms with van der Waals surface area (Å²) in [4.78, 5) is 25.6. The van der Waals surface area contributed by atoms with Crippen molar-refractivity contribution in [2.24, 2.45) is 0 Å². The first-order chi connectivity index (χ1) is 12.4. The lowest BCUT2D eigenvalue weighted by atomic mass is 10.2. The number of benzene rings is 1. The third-order valence-electron chi connectivity index (χ3n) is 3.67. The predicted molar refractivity (Wildman–Crippen MR) is 106 cm³/mol. The Bertz CT molecular complexity index is 1220. The van der Waals surface area contributed by atoms with Crippen molar-refractivity contribution in [2.75, 3.05) is 0 Å². The van der Waals surface area contributed by atoms with Crippen molar-refractivity contribution in [3.05, 3.63) is 66.7 Å². The van der Waals surface area contributed by atoms with Crippen LogP contribution in [-0.2, 0) is 0 Å². The number of pyridine rings is 1. The molecule has 0 aliphatic carbocycles. The van der Waals surface area contributed by atoms with Gasteiger partial charge in [0.15, 0.2) is 5.82 Å². The van der Waals surface area contributed by atoms with E-state index in [1.165, 1.54) is 0 Å². The molecule has 0 atom stereocenters. The number of imidazole rings is 1. The third-order valence-corrected chi connectivity index (χ3v) is 4.95. The molecule has 26 heavy (non-hydrogen) atoms. The lowest BCUT2D eigenvalue weighted by molar-refractivity contribution is 0.512. The minimum absolute atomic E-state index is 0.0690. The molecular formula is C17H9Br2ClN4O2. The normalized spacial score (nSPS) is 11.2. The molecule has 4 aromatic rings. The maximum Gasteiger partial charge on any atom is 0.347 e. The molecule has 0 saturated carbocycles. The fraction of sp³-hybridized carbons (Fsp3) is 0.0588. The number of hydrogen-bond acceptors (Lipinski definition) is 5. The topological polar surface area (TPSA) is 73.8 Å². The first kappa shape index (κ1) is 17.4. The van der Waals surface area contributed by atoms with Crippen molar-refractivity contribution in [1.29, 1.82) is 0 Å². The zero-order valence-corrected chi connectivity index (χ0v) is 17.1. The SMILES string of the molecule is Cc1cc(Br)c2nc(-c3nc(Br)cn3-c3ncccc3Cl)oc(=O)c2c1. The summed E-state index contributed by atoms with van der Waals surface area (Å²) in [5.41, 5.74) is 0.933. The van der Waals surface area contributed by atoms with E-state index in [-0.39, 0.29) is 5.89 Å². The van der Waals surface area contributed by atoms with Crippen LogP contribution in [0.3, 0.4) is 0 Å². The van der Waals surface area contributed by atoms with Gasteiger partial charge in [0, 0.05) is 16.9 Å². The highest BCUT2D eigenvalue weighted by atomic mass is 79.9. The number of rotatable bonds is 2. The van der Waals surface area contributed by atoms with E-state index in [0.29, 0.717) is 36.6 Å². The predicted octanol–water partition coefficient (Wildman–Crippen LogP) is 4.92. The maximum atomic E-state index is 12.5. The molecule has 3 heterocycles. The van der Waals surface area contributed by atoms with Gasteiger partial charge in [0.1, 0.15) is 4.60 Å². The Morgan fingerprint density at radius 1 is 1.23 bits per heavy atom. The van der Waals surface area contributed by atoms with Crippen molar-refractivity contribution in [3.8, 4) is 17.5 Å². The number of halogens is 3. The molecule has 0 aliphatic heterocycles. The minimum atomic E-state index is -0.493. The van der Waals surface area contributed by atoms with Crippen LogP contribution in [0.25, 0.3) is 28.4 Å². The van der Waals surface area contributed by atoms with Crippen LogP contribution in [0, 0.1) is 6.92 Å². The molecule has 4 rings (SSSR count). The Morgan fingerprint density at radius 3 is 2.81 bits per heavy atom. The molecule has 0 saturated heterocycles. The molecule has 9 heteroatoms. The van der Waals surface area contributed by atoms with Crippen molar-refractivity contribution >= 4 is 54.4 Å². The summed E-state index contributed by atoms with van der Waals surface area (Å²) in [5, 5.41) is 0.826. The molecule has 0 amide bonds. The smallest absolute Gasteiger partial charge is 0.347 e. The second-order valence-corrected chi connectivity index (χ2v) is 7.59. The van der Waals surface area contributed by atoms with Crippen LogP contribution in [0.5, 0.6) is 0 Å². The first-order valence-corrected chi connectivity index (χ1v) is 9.37. The van der Waals surface area contributed by atoms with Crippen molar-refractivity contribution < 1.29 is 4.42 Å². The second kappa shape index (κ2) is 6.61. The van der Waals surface area contributed by atoms with E-state index in [2.05, 4.69) is 46.8 Å². The Balaban J connectivity index is 2.01. The Morgan fingerprint density at radius 2 is 2.04 bits per heavy atom. The third kappa shape index (κ3) is 2.98. The Kier molecular flexibility index (Phi) is 4.42. The molecule has 0 aliphatic rings. The van der Waals surface area contributed by atoms with E-state index in [0.717, 1.165) is 5.56 Å². The monoisotopic (exact) mass is 494 g/mol. The van der Waals surface area contributed by atoms with E-state index in [4.69, 9.17) is 16.0 Å². The van der Waals surface area contributed by atoms with Gasteiger partial charge in [0.25, 0.3) is 5.89 Å². The van der Waals surface area contributed by atoms with Crippen LogP contribution >= 0.6 is 43.5 Å². The number of fused-ring (bicyclic) bond motifs is 1. The molecule has 0 unspecified atom stereocenters. The average Bonchev–Trinajstić information content (AvgIpc) is 2.97. The number of nitrogens with zero attached hydrogens (tertiary/aromatic N) is 4. The fourth-order valence-corrected chi connectivity index (χ4v) is 3.83. The quantitative estimate of drug-likeness (QED) is 0.394. The van der Waals surface area contributed by atoms with Crippen LogP contribution < -0.4 is 5.63 Å². The average molecular weight is 497 g/mol. The Hall–Kier alpha value is -2.03. The van der Waals surface area contributed by atoms with E-state index < -0.39 is 5.63 Å². The van der Waals surface area contributed by atoms with Crippen LogP contribution in [0.15, 0.2) is 54.9 Å². The summed E-state index contributed by atoms with van der Waals surface area (Å²) in [6, 6.07) is 7.06. The van der Waals surface area contributed by atoms with Gasteiger partial charge in [-0.25, -0.2) is 19.7 Å². The summed E-state index contributed by atoms with van der Waals surface area (Å²) in [6.07, 6.45) is 3.29. The summed E-state index contributed by atoms with van der Waals surface area (Å²) < 4.78 is 8.29. The molecule has 0 fully saturated rings. The van der Waals surface area contributed by atoms with Gasteiger partial charge in [0.05, 0.1) is 15.9 Å². The Labute approximate surface area is 169 Å². The highest BCUT2D eigenvalue weighted by molar-refractivity contribution is 9.10. The minimum Gasteiger partial charge on any atom is -0.400 e. The van der Waals surface area contributed by atoms with Gasteiger partial charge < -0.3 is 4.42 Å². The van der Waals surface area contributed by atoms with Gasteiger partial charge in [-0.05, 0) is 68.6 Å². The largest absolute Gasteiger partial charge is 0.400 e. The van der Waals surface area contributed by atoms with Crippen molar-refractivity contribution in [2.45, 2.75) is 6.92 Å². The molecule has 3 aromatic heterocycles. The summed E-state index contributed by atoms with van der Waals surface area (Å²) in [5.74, 6) is 0.832. The molecule has 0 spiro atoms. The zero-order valence-electron chi connectivity index (χ0n) is 13.2. The number of aryl methyl sites for hydroxylation is 1. The summed E-state index contributed by atoms with van der Waals surface area (Å²) in [6.45, 7) is 1.89. The number of aromatic nitrogens is 4. The molecule has 0 bridgehead atoms. The lowest BCUT2D eigenvalue weighted by Crippen LogP contribution is -2.07. The second-order valence-electron chi connectivity index (χ2n) is 5.52. The maximum absolute atomic E-state index is 12.5. The zero-order chi connectivity index (χ0) is 18.4. The molecular weight excluding hydrogens is 487 g/mol. The van der Waals surface area contributed by atoms with E-state index in [1.807, 2.05) is 13.0 Å². The standard InChI is InChI=1S/C17H9Br2ClN4O2/c1-8-5-9-13(10(18)6-8)23-16(26-17(9)25)15-22-12(19)7-24(15)14-11(20)3-2-4-21-14/h2-7H,1H3. The molecule has 6 nitrogen and oxygen atoms in total. The van der Waals surface area contributed by atoms with Crippen LogP contribution in [0.4, 0.5) is 0 Å². The highest BCUT2D eigenvalue weighted by Crippen LogP contribution is 2.29. The highest BCUT2D eigenvalue weighted by Gasteiger charge is 2.19. The van der Waals surface area contributed by atoms with Crippen molar-refractivity contribution in [3.63, 3.8) is 0 Å². The summed E-state index contributed by atoms with van der Waals surface area (Å²) >= 11 is 13.0. The van der Waals surface area contributed by atoms with Crippen LogP contribution in [0.1, 0.15) is 5.56 Å². The van der Waals surface area contributed by atoms with Gasteiger partial charge in [0.2, 0.25) is 5.82 Å². The van der Waals surface area contributed by atoms with E-state index >= 15 is 0 Å². The summed E-state index contributed by atoms with van der Waals surface area (Å²) in [7, 11) is 0. The number of hydrogen-bond donors (Lipinski definition) is 0. The van der Waals surface area contributed by atoms with Gasteiger partial charge in [-0.2, -0.15) is 0 Å². The molecule has 1 aromatic carbocycles.